The number of para-hydroxylation sites is 5. The van der Waals surface area contributed by atoms with Crippen LogP contribution in [0.15, 0.2) is 334 Å². The number of hydrogen-bond donors (Lipinski definition) is 0. The molecule has 24 aromatic rings. The highest BCUT2D eigenvalue weighted by Crippen LogP contribution is 2.56. The number of nitrogens with zero attached hydrogens (tertiary/aromatic N) is 10. The number of aryl methyl sites for hydroxylation is 2. The second kappa shape index (κ2) is 25.3. The van der Waals surface area contributed by atoms with Gasteiger partial charge in [0.05, 0.1) is 38.3 Å². The molecule has 10 aromatic heterocycles. The summed E-state index contributed by atoms with van der Waals surface area (Å²) in [5.74, 6) is 1.69. The van der Waals surface area contributed by atoms with Gasteiger partial charge in [0, 0.05) is 145 Å². The molecule has 10 aliphatic rings. The molecule has 0 N–H and O–H groups in total. The molecule has 4 atom stereocenters. The van der Waals surface area contributed by atoms with Gasteiger partial charge in [-0.1, -0.05) is 345 Å². The average molecular weight is 1680 g/mol. The van der Waals surface area contributed by atoms with Crippen LogP contribution in [0.3, 0.4) is 0 Å². The Bertz CT molecular complexity index is 9260. The molecule has 34 rings (SSSR count). The first-order valence-corrected chi connectivity index (χ1v) is 47.1. The van der Waals surface area contributed by atoms with E-state index in [0.29, 0.717) is 11.8 Å². The van der Waals surface area contributed by atoms with Crippen molar-refractivity contribution >= 4 is 137 Å². The van der Waals surface area contributed by atoms with Crippen LogP contribution in [0, 0.1) is 0 Å². The van der Waals surface area contributed by atoms with Crippen molar-refractivity contribution in [3.8, 4) is 0 Å². The Morgan fingerprint density at radius 2 is 0.623 bits per heavy atom. The molecule has 10 heteroatoms. The van der Waals surface area contributed by atoms with E-state index in [1.54, 1.807) is 0 Å². The summed E-state index contributed by atoms with van der Waals surface area (Å²) in [5, 5.41) is 21.2. The largest absolute Gasteiger partial charge is 0.295 e. The fourth-order valence-electron chi connectivity index (χ4n) is 27.2. The van der Waals surface area contributed by atoms with Crippen molar-refractivity contribution in [3.63, 3.8) is 0 Å². The summed E-state index contributed by atoms with van der Waals surface area (Å²) >= 11 is 0. The standard InChI is InChI=1S/2C30H21N2.C22H21N2.C20H17N2.C18H13N2/c1-3-10-21(11-4-1)30(22-12-5-2-6-13-22)17-23-19-31-18-20-9-7-14-24-25-15-8-16-26(30)28(25)32(23)29(31)27(20)24;1-3-9-19(10-4-1)26-24-16-8-15-23-22-14-7-13-21-17-31-18-25(28(26)20-11-5-2-6-12-20)32(29(23)24)30(31)27(21)22;1-21(2)16-10-6-9-15-14-8-5-7-13-11-23-12-17(22(21,3)4)24(19(15)16)20(23)18(13)14;1-11-12(2)17-10-21-9-13-5-3-7-15-16-8-4-6-14(11)19(16)22(17)20(21)18(13)15;1-3-11-7-8-13-10-19-9-12-4-2-5-14-15(6-1)17(11)20(13)18(19)16(12)14/h1-16,19H,17-18H2;1-16,18,26,28H,17H2;5-10,12H,11H2,1-4H3;3-8,10-12H,9H2,1-2H3;1-6,10H,7-9H2/q5*+1. The molecule has 0 aliphatic carbocycles. The van der Waals surface area contributed by atoms with E-state index in [1.807, 2.05) is 0 Å². The molecule has 0 spiro atoms. The molecule has 0 saturated carbocycles. The third kappa shape index (κ3) is 8.97. The lowest BCUT2D eigenvalue weighted by Crippen LogP contribution is -2.44. The number of aromatic nitrogens is 10. The maximum absolute atomic E-state index is 2.58. The van der Waals surface area contributed by atoms with Gasteiger partial charge in [-0.05, 0) is 34.6 Å². The summed E-state index contributed by atoms with van der Waals surface area (Å²) in [6.07, 6.45) is 15.3. The smallest absolute Gasteiger partial charge is 0.225 e. The van der Waals surface area contributed by atoms with E-state index in [9.17, 15) is 0 Å². The van der Waals surface area contributed by atoms with Crippen LogP contribution in [0.4, 0.5) is 0 Å². The van der Waals surface area contributed by atoms with Crippen molar-refractivity contribution in [1.29, 1.82) is 0 Å². The third-order valence-electron chi connectivity index (χ3n) is 33.7. The summed E-state index contributed by atoms with van der Waals surface area (Å²) in [5.41, 5.74) is 41.1. The zero-order valence-corrected chi connectivity index (χ0v) is 73.7. The molecule has 0 amide bonds. The van der Waals surface area contributed by atoms with Gasteiger partial charge in [-0.3, -0.25) is 0 Å². The van der Waals surface area contributed by atoms with Crippen molar-refractivity contribution in [1.82, 2.24) is 22.0 Å². The van der Waals surface area contributed by atoms with Gasteiger partial charge >= 0.3 is 0 Å². The van der Waals surface area contributed by atoms with Gasteiger partial charge in [-0.15, -0.1) is 0 Å². The molecule has 10 aliphatic heterocycles. The van der Waals surface area contributed by atoms with Gasteiger partial charge < -0.3 is 0 Å². The van der Waals surface area contributed by atoms with Crippen LogP contribution >= 0.6 is 0 Å². The number of fused-ring (bicyclic) bond motifs is 5. The van der Waals surface area contributed by atoms with Crippen LogP contribution in [-0.4, -0.2) is 22.0 Å². The highest BCUT2D eigenvalue weighted by Gasteiger charge is 2.53. The van der Waals surface area contributed by atoms with Crippen LogP contribution in [0.5, 0.6) is 0 Å². The van der Waals surface area contributed by atoms with Crippen LogP contribution in [0.1, 0.15) is 172 Å². The minimum atomic E-state index is -0.217. The Kier molecular flexibility index (Phi) is 14.1. The summed E-state index contributed by atoms with van der Waals surface area (Å²) in [6.45, 7) is 19.3. The van der Waals surface area contributed by atoms with E-state index in [2.05, 4.69) is 421 Å². The van der Waals surface area contributed by atoms with Crippen LogP contribution < -0.4 is 22.8 Å². The van der Waals surface area contributed by atoms with E-state index >= 15 is 0 Å². The van der Waals surface area contributed by atoms with Crippen molar-refractivity contribution in [2.75, 3.05) is 0 Å². The van der Waals surface area contributed by atoms with Crippen molar-refractivity contribution < 1.29 is 22.8 Å². The second-order valence-electron chi connectivity index (χ2n) is 40.1. The van der Waals surface area contributed by atoms with Crippen molar-refractivity contribution in [3.05, 3.63) is 441 Å². The van der Waals surface area contributed by atoms with E-state index < -0.39 is 0 Å². The quantitative estimate of drug-likeness (QED) is 0.124. The van der Waals surface area contributed by atoms with E-state index in [1.165, 1.54) is 249 Å². The molecular weight excluding hydrogens is 1580 g/mol. The first-order chi connectivity index (χ1) is 63.9. The predicted octanol–water partition coefficient (Wildman–Crippen LogP) is 23.5. The van der Waals surface area contributed by atoms with Gasteiger partial charge in [0.25, 0.3) is 28.2 Å². The number of rotatable bonds is 4. The first-order valence-electron chi connectivity index (χ1n) is 47.1. The van der Waals surface area contributed by atoms with E-state index in [4.69, 9.17) is 0 Å². The highest BCUT2D eigenvalue weighted by molar-refractivity contribution is 6.19. The lowest BCUT2D eigenvalue weighted by Gasteiger charge is -2.43. The minimum Gasteiger partial charge on any atom is -0.225 e. The fourth-order valence-corrected chi connectivity index (χ4v) is 27.2. The molecular formula is C120H93N10+5. The second-order valence-corrected chi connectivity index (χ2v) is 40.1. The van der Waals surface area contributed by atoms with Gasteiger partial charge in [0.2, 0.25) is 0 Å². The molecule has 618 valence electrons. The number of pyridine rings is 5. The normalized spacial score (nSPS) is 18.0. The Hall–Kier alpha value is -14.9. The molecule has 0 radical (unpaired) electrons. The molecule has 0 bridgehead atoms. The summed E-state index contributed by atoms with van der Waals surface area (Å²) in [4.78, 5) is 0. The average Bonchev–Trinajstić information content (AvgIpc) is 1.44. The molecule has 4 unspecified atom stereocenters. The monoisotopic (exact) mass is 1670 g/mol. The maximum atomic E-state index is 2.58. The molecule has 0 saturated heterocycles. The van der Waals surface area contributed by atoms with Gasteiger partial charge in [0.15, 0.2) is 22.8 Å². The maximum Gasteiger partial charge on any atom is 0.295 e. The topological polar surface area (TPSA) is 41.4 Å². The molecule has 130 heavy (non-hydrogen) atoms. The van der Waals surface area contributed by atoms with Crippen molar-refractivity contribution in [2.45, 2.75) is 133 Å². The summed E-state index contributed by atoms with van der Waals surface area (Å²) in [6, 6.07) is 113. The zero-order valence-electron chi connectivity index (χ0n) is 73.7. The highest BCUT2D eigenvalue weighted by atomic mass is 15.2. The molecule has 14 aromatic carbocycles. The first kappa shape index (κ1) is 72.2. The molecule has 10 nitrogen and oxygen atoms in total. The third-order valence-corrected chi connectivity index (χ3v) is 33.7. The van der Waals surface area contributed by atoms with Crippen LogP contribution in [-0.2, 0) is 68.2 Å². The lowest BCUT2D eigenvalue weighted by molar-refractivity contribution is -0.657. The van der Waals surface area contributed by atoms with E-state index in [0.717, 1.165) is 45.6 Å². The van der Waals surface area contributed by atoms with Gasteiger partial charge in [0.1, 0.15) is 97.0 Å². The number of benzene rings is 14. The Morgan fingerprint density at radius 1 is 0.262 bits per heavy atom. The zero-order chi connectivity index (χ0) is 85.5. The summed E-state index contributed by atoms with van der Waals surface area (Å²) in [7, 11) is 0. The molecule has 20 heterocycles. The Morgan fingerprint density at radius 3 is 1.14 bits per heavy atom. The molecule has 0 fully saturated rings. The van der Waals surface area contributed by atoms with Gasteiger partial charge in [-0.2, -0.15) is 22.0 Å². The Labute approximate surface area is 750 Å². The Balaban J connectivity index is 0.0000000793. The number of imidazole rings is 5. The summed E-state index contributed by atoms with van der Waals surface area (Å²) < 4.78 is 25.1. The van der Waals surface area contributed by atoms with Crippen molar-refractivity contribution in [2.24, 2.45) is 0 Å². The van der Waals surface area contributed by atoms with E-state index in [-0.39, 0.29) is 28.1 Å². The fraction of sp³-hybridized carbons (Fsp3) is 0.175. The van der Waals surface area contributed by atoms with Gasteiger partial charge in [-0.25, -0.2) is 22.8 Å². The number of hydrogen-bond acceptors (Lipinski definition) is 0. The lowest BCUT2D eigenvalue weighted by atomic mass is 9.61. The van der Waals surface area contributed by atoms with Crippen LogP contribution in [0.25, 0.3) is 137 Å². The predicted molar refractivity (Wildman–Crippen MR) is 522 cm³/mol. The van der Waals surface area contributed by atoms with Crippen LogP contribution in [0.2, 0.25) is 0 Å². The minimum absolute atomic E-state index is 0.0857. The SMILES string of the molecule is CC1(C)c2cccc3c4cccc5c4c4n(c(c[n+]4C5)C1(C)C)c23.CC1c2cccc3c4cccc5c4c4n(c(c[n+]4C5)C1C)c23.c1cc2c3c(c1)c1cccc4c1n1c(c[n+](c31)C2)CC4.c1ccc(C2(c3ccccc3)Cc3c[n+]4c5c6c(cccc6c6cccc2c6n35)C4)cc1.c1ccc(C2c3cccc4c5cccc6c5c5n(c(c[n+]5C6)C2c2ccccc2)c34)cc1.